The van der Waals surface area contributed by atoms with E-state index in [0.29, 0.717) is 29.5 Å². The number of fused-ring (bicyclic) bond motifs is 5. The average Bonchev–Trinajstić information content (AvgIpc) is 2.77. The minimum atomic E-state index is -0.0567. The van der Waals surface area contributed by atoms with Crippen molar-refractivity contribution in [2.24, 2.45) is 29.1 Å². The summed E-state index contributed by atoms with van der Waals surface area (Å²) in [5.74, 6) is 4.30. The molecular weight excluding hydrogens is 284 g/mol. The fraction of sp³-hybridized carbons (Fsp3) is 0.667. The molecule has 3 aliphatic rings. The number of carbonyl (C=O) groups excluding carboxylic acids is 1. The number of carbonyl (C=O) groups is 1. The molecule has 124 valence electrons. The molecule has 1 aromatic rings. The highest BCUT2D eigenvalue weighted by atomic mass is 16.5. The quantitative estimate of drug-likeness (QED) is 0.757. The number of hydrogen-bond donors (Lipinski definition) is 0. The summed E-state index contributed by atoms with van der Waals surface area (Å²) in [5, 5.41) is 0. The number of methoxy groups -OCH3 is 1. The maximum atomic E-state index is 12.8. The third-order valence-corrected chi connectivity index (χ3v) is 7.29. The third kappa shape index (κ3) is 2.03. The van der Waals surface area contributed by atoms with Crippen molar-refractivity contribution in [2.45, 2.75) is 52.4 Å². The van der Waals surface area contributed by atoms with Gasteiger partial charge in [-0.3, -0.25) is 4.79 Å². The molecule has 1 aromatic carbocycles. The topological polar surface area (TPSA) is 26.3 Å². The maximum Gasteiger partial charge on any atom is 0.141 e. The average molecular weight is 312 g/mol. The van der Waals surface area contributed by atoms with Gasteiger partial charge in [0.25, 0.3) is 0 Å². The van der Waals surface area contributed by atoms with Crippen molar-refractivity contribution < 1.29 is 9.53 Å². The second kappa shape index (κ2) is 5.09. The third-order valence-electron chi connectivity index (χ3n) is 7.29. The van der Waals surface area contributed by atoms with Gasteiger partial charge in [0.15, 0.2) is 0 Å². The van der Waals surface area contributed by atoms with Gasteiger partial charge in [-0.05, 0) is 72.6 Å². The fourth-order valence-electron chi connectivity index (χ4n) is 6.20. The van der Waals surface area contributed by atoms with Crippen LogP contribution in [0.1, 0.15) is 57.1 Å². The van der Waals surface area contributed by atoms with Crippen LogP contribution in [0.15, 0.2) is 18.2 Å². The van der Waals surface area contributed by atoms with Gasteiger partial charge in [-0.2, -0.15) is 0 Å². The lowest BCUT2D eigenvalue weighted by atomic mass is 9.53. The lowest BCUT2D eigenvalue weighted by molar-refractivity contribution is -0.132. The van der Waals surface area contributed by atoms with Gasteiger partial charge in [0.05, 0.1) is 7.11 Å². The first kappa shape index (κ1) is 15.2. The van der Waals surface area contributed by atoms with E-state index in [1.165, 1.54) is 17.5 Å². The van der Waals surface area contributed by atoms with Crippen molar-refractivity contribution >= 4 is 5.78 Å². The Morgan fingerprint density at radius 3 is 2.78 bits per heavy atom. The molecule has 0 bridgehead atoms. The molecule has 0 heterocycles. The predicted octanol–water partition coefficient (Wildman–Crippen LogP) is 4.61. The van der Waals surface area contributed by atoms with Gasteiger partial charge in [-0.1, -0.05) is 26.8 Å². The van der Waals surface area contributed by atoms with Crippen molar-refractivity contribution in [2.75, 3.05) is 7.11 Å². The van der Waals surface area contributed by atoms with Crippen molar-refractivity contribution in [1.29, 1.82) is 0 Å². The van der Waals surface area contributed by atoms with Gasteiger partial charge in [-0.25, -0.2) is 0 Å². The summed E-state index contributed by atoms with van der Waals surface area (Å²) in [5.41, 5.74) is 2.95. The molecule has 2 fully saturated rings. The summed E-state index contributed by atoms with van der Waals surface area (Å²) in [7, 11) is 1.74. The Bertz CT molecular complexity index is 649. The minimum absolute atomic E-state index is 0.0567. The van der Waals surface area contributed by atoms with Gasteiger partial charge >= 0.3 is 0 Å². The van der Waals surface area contributed by atoms with Crippen LogP contribution >= 0.6 is 0 Å². The largest absolute Gasteiger partial charge is 0.497 e. The molecule has 0 radical (unpaired) electrons. The Morgan fingerprint density at radius 2 is 2.04 bits per heavy atom. The number of Topliss-reactive ketones (excluding diaryl/α,β-unsaturated/α-hetero) is 1. The molecule has 0 aromatic heterocycles. The first-order valence-electron chi connectivity index (χ1n) is 9.17. The second-order valence-electron chi connectivity index (χ2n) is 8.49. The first-order valence-corrected chi connectivity index (χ1v) is 9.17. The van der Waals surface area contributed by atoms with E-state index in [1.54, 1.807) is 7.11 Å². The van der Waals surface area contributed by atoms with Gasteiger partial charge < -0.3 is 4.74 Å². The van der Waals surface area contributed by atoms with E-state index < -0.39 is 0 Å². The summed E-state index contributed by atoms with van der Waals surface area (Å²) in [6.45, 7) is 6.81. The van der Waals surface area contributed by atoms with Crippen molar-refractivity contribution in [3.05, 3.63) is 29.3 Å². The van der Waals surface area contributed by atoms with Gasteiger partial charge in [0.1, 0.15) is 11.5 Å². The molecule has 0 aliphatic heterocycles. The van der Waals surface area contributed by atoms with E-state index in [-0.39, 0.29) is 11.3 Å². The van der Waals surface area contributed by atoms with E-state index in [2.05, 4.69) is 39.0 Å². The zero-order valence-corrected chi connectivity index (χ0v) is 14.8. The SMILES string of the molecule is COc1ccc2c(c1)C[C@@H](C)[C@@H]1[C@@H]2CC[C@]2(C)C(=O)[C@H](C)C[C@H]12. The van der Waals surface area contributed by atoms with E-state index in [1.807, 2.05) is 0 Å². The van der Waals surface area contributed by atoms with Gasteiger partial charge in [-0.15, -0.1) is 0 Å². The number of hydrogen-bond acceptors (Lipinski definition) is 2. The van der Waals surface area contributed by atoms with E-state index in [4.69, 9.17) is 4.74 Å². The number of benzene rings is 1. The molecule has 2 heteroatoms. The maximum absolute atomic E-state index is 12.8. The molecule has 0 amide bonds. The molecule has 2 saturated carbocycles. The highest BCUT2D eigenvalue weighted by Crippen LogP contribution is 2.61. The standard InChI is InChI=1S/C21H28O2/c1-12-9-14-11-15(23-4)5-6-16(14)17-7-8-21(3)18(19(12)17)10-13(2)20(21)22/h5-6,11-13,17-19H,7-10H2,1-4H3/t12-,13-,17-,18-,19-,21+/m1/s1. The van der Waals surface area contributed by atoms with Crippen LogP contribution in [-0.4, -0.2) is 12.9 Å². The summed E-state index contributed by atoms with van der Waals surface area (Å²) in [4.78, 5) is 12.8. The number of ketones is 1. The second-order valence-corrected chi connectivity index (χ2v) is 8.49. The molecule has 4 rings (SSSR count). The van der Waals surface area contributed by atoms with Crippen LogP contribution in [0.25, 0.3) is 0 Å². The lowest BCUT2D eigenvalue weighted by Gasteiger charge is -2.51. The van der Waals surface area contributed by atoms with E-state index in [0.717, 1.165) is 25.0 Å². The zero-order valence-electron chi connectivity index (χ0n) is 14.8. The van der Waals surface area contributed by atoms with Crippen LogP contribution in [0.4, 0.5) is 0 Å². The lowest BCUT2D eigenvalue weighted by Crippen LogP contribution is -2.45. The summed E-state index contributed by atoms with van der Waals surface area (Å²) < 4.78 is 5.42. The van der Waals surface area contributed by atoms with Gasteiger partial charge in [0, 0.05) is 11.3 Å². The van der Waals surface area contributed by atoms with Gasteiger partial charge in [0.2, 0.25) is 0 Å². The van der Waals surface area contributed by atoms with E-state index >= 15 is 0 Å². The first-order chi connectivity index (χ1) is 11.0. The Hall–Kier alpha value is -1.31. The monoisotopic (exact) mass is 312 g/mol. The molecule has 0 spiro atoms. The molecule has 3 aliphatic carbocycles. The van der Waals surface area contributed by atoms with Crippen LogP contribution in [0, 0.1) is 29.1 Å². The smallest absolute Gasteiger partial charge is 0.141 e. The molecule has 0 N–H and O–H groups in total. The van der Waals surface area contributed by atoms with Crippen LogP contribution in [-0.2, 0) is 11.2 Å². The zero-order chi connectivity index (χ0) is 16.4. The normalized spacial score (nSPS) is 41.9. The highest BCUT2D eigenvalue weighted by Gasteiger charge is 2.58. The Balaban J connectivity index is 1.75. The minimum Gasteiger partial charge on any atom is -0.497 e. The molecular formula is C21H28O2. The summed E-state index contributed by atoms with van der Waals surface area (Å²) in [6.07, 6.45) is 4.47. The predicted molar refractivity (Wildman–Crippen MR) is 91.7 cm³/mol. The van der Waals surface area contributed by atoms with Crippen LogP contribution in [0.3, 0.4) is 0 Å². The molecule has 6 atom stereocenters. The molecule has 0 unspecified atom stereocenters. The fourth-order valence-corrected chi connectivity index (χ4v) is 6.20. The summed E-state index contributed by atoms with van der Waals surface area (Å²) in [6, 6.07) is 6.64. The van der Waals surface area contributed by atoms with Crippen LogP contribution in [0.2, 0.25) is 0 Å². The van der Waals surface area contributed by atoms with Crippen LogP contribution in [0.5, 0.6) is 5.75 Å². The highest BCUT2D eigenvalue weighted by molar-refractivity contribution is 5.89. The molecule has 23 heavy (non-hydrogen) atoms. The van der Waals surface area contributed by atoms with Crippen molar-refractivity contribution in [1.82, 2.24) is 0 Å². The van der Waals surface area contributed by atoms with Crippen molar-refractivity contribution in [3.8, 4) is 5.75 Å². The molecule has 0 saturated heterocycles. The molecule has 2 nitrogen and oxygen atoms in total. The number of ether oxygens (including phenoxy) is 1. The number of rotatable bonds is 1. The van der Waals surface area contributed by atoms with Crippen molar-refractivity contribution in [3.63, 3.8) is 0 Å². The van der Waals surface area contributed by atoms with Crippen LogP contribution < -0.4 is 4.74 Å². The Labute approximate surface area is 139 Å². The Kier molecular flexibility index (Phi) is 3.37. The summed E-state index contributed by atoms with van der Waals surface area (Å²) >= 11 is 0. The van der Waals surface area contributed by atoms with E-state index in [9.17, 15) is 4.79 Å². The Morgan fingerprint density at radius 1 is 1.26 bits per heavy atom.